The van der Waals surface area contributed by atoms with Crippen LogP contribution < -0.4 is 20.1 Å². The molecule has 4 aromatic rings. The number of amides is 2. The van der Waals surface area contributed by atoms with Crippen molar-refractivity contribution < 1.29 is 19.2 Å². The van der Waals surface area contributed by atoms with Crippen molar-refractivity contribution in [2.24, 2.45) is 0 Å². The van der Waals surface area contributed by atoms with E-state index in [-0.39, 0.29) is 5.69 Å². The maximum absolute atomic E-state index is 12.2. The Bertz CT molecular complexity index is 1290. The highest BCUT2D eigenvalue weighted by atomic mass is 32.2. The summed E-state index contributed by atoms with van der Waals surface area (Å²) < 4.78 is 10.6. The van der Waals surface area contributed by atoms with Gasteiger partial charge in [0, 0.05) is 41.2 Å². The first-order valence-corrected chi connectivity index (χ1v) is 12.3. The van der Waals surface area contributed by atoms with E-state index in [2.05, 4.69) is 15.6 Å². The summed E-state index contributed by atoms with van der Waals surface area (Å²) >= 11 is 1.48. The number of nitro benzene ring substituents is 1. The number of non-ortho nitro benzene ring substituents is 1. The Kier molecular flexibility index (Phi) is 8.26. The number of carbonyl (C=O) groups is 1. The van der Waals surface area contributed by atoms with Crippen LogP contribution >= 0.6 is 11.8 Å². The van der Waals surface area contributed by atoms with Gasteiger partial charge in [0.1, 0.15) is 11.5 Å². The van der Waals surface area contributed by atoms with Gasteiger partial charge in [0.05, 0.1) is 30.5 Å². The fourth-order valence-electron chi connectivity index (χ4n) is 3.50. The van der Waals surface area contributed by atoms with Gasteiger partial charge in [0.15, 0.2) is 5.16 Å². The lowest BCUT2D eigenvalue weighted by Crippen LogP contribution is -2.30. The van der Waals surface area contributed by atoms with Crippen molar-refractivity contribution >= 4 is 29.2 Å². The molecule has 11 heteroatoms. The van der Waals surface area contributed by atoms with Gasteiger partial charge < -0.3 is 25.1 Å². The monoisotopic (exact) mass is 519 g/mol. The zero-order valence-electron chi connectivity index (χ0n) is 20.2. The number of nitro groups is 1. The largest absolute Gasteiger partial charge is 0.497 e. The lowest BCUT2D eigenvalue weighted by molar-refractivity contribution is -0.384. The lowest BCUT2D eigenvalue weighted by atomic mass is 10.0. The fourth-order valence-corrected chi connectivity index (χ4v) is 4.23. The average molecular weight is 520 g/mol. The minimum atomic E-state index is -0.490. The van der Waals surface area contributed by atoms with Crippen LogP contribution in [0.5, 0.6) is 11.5 Å². The number of thioether (sulfide) groups is 1. The Balaban J connectivity index is 1.40. The molecule has 0 bridgehead atoms. The van der Waals surface area contributed by atoms with Crippen molar-refractivity contribution in [2.45, 2.75) is 5.16 Å². The summed E-state index contributed by atoms with van der Waals surface area (Å²) in [5.41, 5.74) is 4.01. The van der Waals surface area contributed by atoms with E-state index in [1.807, 2.05) is 48.5 Å². The molecule has 3 N–H and O–H groups in total. The van der Waals surface area contributed by atoms with E-state index in [1.165, 1.54) is 36.0 Å². The molecule has 0 radical (unpaired) electrons. The number of H-pyrrole nitrogens is 1. The summed E-state index contributed by atoms with van der Waals surface area (Å²) in [5.74, 6) is 2.10. The second-order valence-electron chi connectivity index (χ2n) is 7.76. The molecule has 4 rings (SSSR count). The number of rotatable bonds is 10. The number of imidazole rings is 1. The van der Waals surface area contributed by atoms with Crippen LogP contribution in [0.4, 0.5) is 16.2 Å². The molecule has 2 amide bonds. The predicted octanol–water partition coefficient (Wildman–Crippen LogP) is 5.58. The molecule has 0 aliphatic rings. The summed E-state index contributed by atoms with van der Waals surface area (Å²) in [5, 5.41) is 16.9. The van der Waals surface area contributed by atoms with Crippen LogP contribution in [0.2, 0.25) is 0 Å². The molecule has 0 atom stereocenters. The number of methoxy groups -OCH3 is 2. The van der Waals surface area contributed by atoms with E-state index in [0.717, 1.165) is 34.0 Å². The van der Waals surface area contributed by atoms with Crippen LogP contribution in [-0.2, 0) is 0 Å². The fraction of sp³-hybridized carbons (Fsp3) is 0.154. The third-order valence-corrected chi connectivity index (χ3v) is 6.26. The highest BCUT2D eigenvalue weighted by molar-refractivity contribution is 7.99. The third-order valence-electron chi connectivity index (χ3n) is 5.39. The van der Waals surface area contributed by atoms with Crippen LogP contribution in [0.15, 0.2) is 78.0 Å². The number of benzene rings is 3. The third kappa shape index (κ3) is 6.58. The maximum Gasteiger partial charge on any atom is 0.319 e. The van der Waals surface area contributed by atoms with Gasteiger partial charge in [0.25, 0.3) is 5.69 Å². The van der Waals surface area contributed by atoms with Crippen molar-refractivity contribution in [1.29, 1.82) is 0 Å². The molecule has 0 aliphatic heterocycles. The Morgan fingerprint density at radius 2 is 1.54 bits per heavy atom. The van der Waals surface area contributed by atoms with Crippen molar-refractivity contribution in [3.63, 3.8) is 0 Å². The number of nitrogens with one attached hydrogen (secondary N) is 3. The Hall–Kier alpha value is -4.51. The van der Waals surface area contributed by atoms with E-state index in [4.69, 9.17) is 14.5 Å². The minimum Gasteiger partial charge on any atom is -0.497 e. The van der Waals surface area contributed by atoms with Gasteiger partial charge in [-0.25, -0.2) is 9.78 Å². The molecule has 37 heavy (non-hydrogen) atoms. The summed E-state index contributed by atoms with van der Waals surface area (Å²) in [6, 6.07) is 20.7. The molecule has 10 nitrogen and oxygen atoms in total. The van der Waals surface area contributed by atoms with E-state index < -0.39 is 11.0 Å². The Labute approximate surface area is 217 Å². The molecule has 0 spiro atoms. The molecule has 0 fully saturated rings. The van der Waals surface area contributed by atoms with Crippen molar-refractivity contribution in [3.05, 3.63) is 82.9 Å². The van der Waals surface area contributed by atoms with Crippen LogP contribution in [0.25, 0.3) is 22.5 Å². The number of hydrogen-bond donors (Lipinski definition) is 3. The topological polar surface area (TPSA) is 131 Å². The zero-order valence-corrected chi connectivity index (χ0v) is 21.0. The molecule has 0 aliphatic carbocycles. The number of ether oxygens (including phenoxy) is 2. The predicted molar refractivity (Wildman–Crippen MR) is 143 cm³/mol. The normalized spacial score (nSPS) is 10.5. The van der Waals surface area contributed by atoms with Gasteiger partial charge in [-0.05, 0) is 60.7 Å². The first-order valence-electron chi connectivity index (χ1n) is 11.3. The first-order chi connectivity index (χ1) is 18.0. The molecular weight excluding hydrogens is 494 g/mol. The highest BCUT2D eigenvalue weighted by Gasteiger charge is 2.15. The van der Waals surface area contributed by atoms with Gasteiger partial charge in [0.2, 0.25) is 0 Å². The number of nitrogens with zero attached hydrogens (tertiary/aromatic N) is 2. The second-order valence-corrected chi connectivity index (χ2v) is 8.84. The average Bonchev–Trinajstić information content (AvgIpc) is 3.35. The van der Waals surface area contributed by atoms with Crippen molar-refractivity contribution in [2.75, 3.05) is 31.8 Å². The first kappa shape index (κ1) is 25.6. The molecule has 3 aromatic carbocycles. The van der Waals surface area contributed by atoms with Gasteiger partial charge in [-0.1, -0.05) is 11.8 Å². The van der Waals surface area contributed by atoms with E-state index in [1.54, 1.807) is 14.2 Å². The second kappa shape index (κ2) is 12.0. The molecular formula is C26H25N5O5S. The maximum atomic E-state index is 12.2. The number of carbonyl (C=O) groups excluding carboxylic acids is 1. The summed E-state index contributed by atoms with van der Waals surface area (Å²) in [7, 11) is 3.25. The van der Waals surface area contributed by atoms with Crippen molar-refractivity contribution in [3.8, 4) is 34.0 Å². The zero-order chi connectivity index (χ0) is 26.2. The molecule has 0 saturated heterocycles. The Morgan fingerprint density at radius 3 is 2.11 bits per heavy atom. The van der Waals surface area contributed by atoms with Crippen LogP contribution in [0, 0.1) is 10.1 Å². The molecule has 1 aromatic heterocycles. The van der Waals surface area contributed by atoms with Gasteiger partial charge in [-0.15, -0.1) is 0 Å². The molecule has 190 valence electrons. The van der Waals surface area contributed by atoms with Gasteiger partial charge in [-0.3, -0.25) is 10.1 Å². The number of aromatic nitrogens is 2. The van der Waals surface area contributed by atoms with Gasteiger partial charge >= 0.3 is 6.03 Å². The SMILES string of the molecule is COc1ccc(-c2nc(SCCNC(=O)Nc3ccc([N+](=O)[O-])cc3)[nH]c2-c2ccc(OC)cc2)cc1. The van der Waals surface area contributed by atoms with Crippen LogP contribution in [-0.4, -0.2) is 47.4 Å². The Morgan fingerprint density at radius 1 is 0.946 bits per heavy atom. The molecule has 1 heterocycles. The minimum absolute atomic E-state index is 0.0381. The standard InChI is InChI=1S/C26H25N5O5S/c1-35-21-11-3-17(4-12-21)23-24(18-5-13-22(36-2)14-6-18)30-26(29-23)37-16-15-27-25(32)28-19-7-9-20(10-8-19)31(33)34/h3-14H,15-16H2,1-2H3,(H,29,30)(H2,27,28,32). The smallest absolute Gasteiger partial charge is 0.319 e. The number of anilines is 1. The van der Waals surface area contributed by atoms with E-state index >= 15 is 0 Å². The number of aromatic amines is 1. The summed E-state index contributed by atoms with van der Waals surface area (Å²) in [6.45, 7) is 0.389. The van der Waals surface area contributed by atoms with Crippen LogP contribution in [0.3, 0.4) is 0 Å². The molecule has 0 saturated carbocycles. The van der Waals surface area contributed by atoms with Crippen molar-refractivity contribution in [1.82, 2.24) is 15.3 Å². The summed E-state index contributed by atoms with van der Waals surface area (Å²) in [4.78, 5) is 30.6. The van der Waals surface area contributed by atoms with E-state index in [0.29, 0.717) is 23.1 Å². The van der Waals surface area contributed by atoms with Gasteiger partial charge in [-0.2, -0.15) is 0 Å². The molecule has 0 unspecified atom stereocenters. The van der Waals surface area contributed by atoms with Crippen LogP contribution in [0.1, 0.15) is 0 Å². The quantitative estimate of drug-likeness (QED) is 0.108. The lowest BCUT2D eigenvalue weighted by Gasteiger charge is -2.06. The highest BCUT2D eigenvalue weighted by Crippen LogP contribution is 2.34. The summed E-state index contributed by atoms with van der Waals surface area (Å²) in [6.07, 6.45) is 0. The van der Waals surface area contributed by atoms with E-state index in [9.17, 15) is 14.9 Å². The number of hydrogen-bond acceptors (Lipinski definition) is 7. The number of urea groups is 1.